The van der Waals surface area contributed by atoms with Crippen LogP contribution in [0.4, 0.5) is 5.82 Å². The molecule has 1 aromatic heterocycles. The van der Waals surface area contributed by atoms with E-state index in [9.17, 15) is 0 Å². The molecule has 0 aromatic carbocycles. The fourth-order valence-corrected chi connectivity index (χ4v) is 1.91. The van der Waals surface area contributed by atoms with Crippen molar-refractivity contribution in [3.63, 3.8) is 0 Å². The van der Waals surface area contributed by atoms with Crippen molar-refractivity contribution >= 4 is 5.82 Å². The van der Waals surface area contributed by atoms with Crippen LogP contribution in [-0.2, 0) is 6.54 Å². The van der Waals surface area contributed by atoms with Crippen LogP contribution in [0, 0.1) is 6.92 Å². The van der Waals surface area contributed by atoms with Crippen molar-refractivity contribution in [2.75, 3.05) is 18.9 Å². The molecule has 4 nitrogen and oxygen atoms in total. The maximum Gasteiger partial charge on any atom is 0.144 e. The van der Waals surface area contributed by atoms with Gasteiger partial charge in [-0.25, -0.2) is 9.97 Å². The second-order valence-electron chi connectivity index (χ2n) is 4.88. The highest BCUT2D eigenvalue weighted by Crippen LogP contribution is 2.26. The lowest BCUT2D eigenvalue weighted by Crippen LogP contribution is -2.22. The summed E-state index contributed by atoms with van der Waals surface area (Å²) in [6.45, 7) is 6.00. The van der Waals surface area contributed by atoms with E-state index in [1.165, 1.54) is 12.8 Å². The smallest absolute Gasteiger partial charge is 0.144 e. The van der Waals surface area contributed by atoms with E-state index in [1.54, 1.807) is 0 Å². The van der Waals surface area contributed by atoms with Crippen molar-refractivity contribution in [3.8, 4) is 0 Å². The Hall–Kier alpha value is -1.16. The van der Waals surface area contributed by atoms with E-state index in [0.717, 1.165) is 42.9 Å². The molecule has 4 heteroatoms. The first-order valence-corrected chi connectivity index (χ1v) is 6.47. The van der Waals surface area contributed by atoms with Gasteiger partial charge in [0, 0.05) is 24.3 Å². The lowest BCUT2D eigenvalue weighted by molar-refractivity contribution is 0.308. The molecule has 1 heterocycles. The van der Waals surface area contributed by atoms with Gasteiger partial charge < -0.3 is 5.32 Å². The Balaban J connectivity index is 2.02. The average molecular weight is 234 g/mol. The average Bonchev–Trinajstić information content (AvgIpc) is 3.09. The van der Waals surface area contributed by atoms with Crippen molar-refractivity contribution in [2.45, 2.75) is 45.7 Å². The maximum absolute atomic E-state index is 4.56. The van der Waals surface area contributed by atoms with Crippen LogP contribution >= 0.6 is 0 Å². The van der Waals surface area contributed by atoms with Gasteiger partial charge >= 0.3 is 0 Å². The quantitative estimate of drug-likeness (QED) is 0.819. The molecule has 0 saturated heterocycles. The molecule has 0 aliphatic heterocycles. The Bertz CT molecular complexity index is 374. The summed E-state index contributed by atoms with van der Waals surface area (Å²) in [5.41, 5.74) is 1.04. The van der Waals surface area contributed by atoms with Crippen LogP contribution in [0.5, 0.6) is 0 Å². The van der Waals surface area contributed by atoms with Gasteiger partial charge in [-0.15, -0.1) is 0 Å². The summed E-state index contributed by atoms with van der Waals surface area (Å²) < 4.78 is 0. The lowest BCUT2D eigenvalue weighted by Gasteiger charge is -2.15. The topological polar surface area (TPSA) is 41.1 Å². The van der Waals surface area contributed by atoms with E-state index in [4.69, 9.17) is 0 Å². The monoisotopic (exact) mass is 234 g/mol. The maximum atomic E-state index is 4.56. The lowest BCUT2D eigenvalue weighted by atomic mass is 10.3. The predicted octanol–water partition coefficient (Wildman–Crippen LogP) is 2.20. The second kappa shape index (κ2) is 5.45. The molecule has 1 aliphatic carbocycles. The molecule has 0 atom stereocenters. The minimum atomic E-state index is 0.756. The molecule has 0 unspecified atom stereocenters. The zero-order chi connectivity index (χ0) is 12.3. The zero-order valence-electron chi connectivity index (χ0n) is 11.0. The van der Waals surface area contributed by atoms with Gasteiger partial charge in [-0.2, -0.15) is 0 Å². The van der Waals surface area contributed by atoms with Gasteiger partial charge in [0.2, 0.25) is 0 Å². The third-order valence-electron chi connectivity index (χ3n) is 3.02. The molecule has 94 valence electrons. The molecule has 17 heavy (non-hydrogen) atoms. The third kappa shape index (κ3) is 3.66. The molecule has 0 spiro atoms. The van der Waals surface area contributed by atoms with Crippen LogP contribution in [0.15, 0.2) is 6.07 Å². The first-order chi connectivity index (χ1) is 8.19. The van der Waals surface area contributed by atoms with Gasteiger partial charge in [0.1, 0.15) is 11.6 Å². The Morgan fingerprint density at radius 1 is 1.41 bits per heavy atom. The van der Waals surface area contributed by atoms with Crippen LogP contribution in [0.1, 0.15) is 37.7 Å². The Morgan fingerprint density at radius 3 is 2.82 bits per heavy atom. The number of hydrogen-bond acceptors (Lipinski definition) is 4. The van der Waals surface area contributed by atoms with Gasteiger partial charge in [-0.3, -0.25) is 4.90 Å². The minimum Gasteiger partial charge on any atom is -0.370 e. The number of aromatic nitrogens is 2. The summed E-state index contributed by atoms with van der Waals surface area (Å²) in [7, 11) is 2.16. The first-order valence-electron chi connectivity index (χ1n) is 6.47. The zero-order valence-corrected chi connectivity index (χ0v) is 11.0. The van der Waals surface area contributed by atoms with Crippen LogP contribution in [0.25, 0.3) is 0 Å². The summed E-state index contributed by atoms with van der Waals surface area (Å²) in [5, 5.41) is 3.32. The van der Waals surface area contributed by atoms with Gasteiger partial charge in [0.25, 0.3) is 0 Å². The number of anilines is 1. The van der Waals surface area contributed by atoms with Crippen molar-refractivity contribution in [1.29, 1.82) is 0 Å². The highest BCUT2D eigenvalue weighted by molar-refractivity contribution is 5.35. The highest BCUT2D eigenvalue weighted by Gasteiger charge is 2.26. The number of nitrogens with zero attached hydrogens (tertiary/aromatic N) is 3. The van der Waals surface area contributed by atoms with Crippen molar-refractivity contribution in [2.24, 2.45) is 0 Å². The largest absolute Gasteiger partial charge is 0.370 e. The van der Waals surface area contributed by atoms with E-state index in [2.05, 4.69) is 34.2 Å². The van der Waals surface area contributed by atoms with Crippen LogP contribution < -0.4 is 5.32 Å². The van der Waals surface area contributed by atoms with Gasteiger partial charge in [-0.05, 0) is 33.2 Å². The van der Waals surface area contributed by atoms with Gasteiger partial charge in [0.05, 0.1) is 6.54 Å². The molecule has 1 saturated carbocycles. The molecule has 2 rings (SSSR count). The normalized spacial score (nSPS) is 15.3. The number of nitrogens with one attached hydrogen (secondary N) is 1. The summed E-state index contributed by atoms with van der Waals surface area (Å²) in [5.74, 6) is 1.89. The Labute approximate surface area is 103 Å². The summed E-state index contributed by atoms with van der Waals surface area (Å²) in [6.07, 6.45) is 3.76. The van der Waals surface area contributed by atoms with E-state index in [1.807, 2.05) is 13.0 Å². The standard InChI is InChI=1S/C13H22N4/c1-4-7-14-12-8-10(2)15-13(16-12)9-17(3)11-5-6-11/h8,11H,4-7,9H2,1-3H3,(H,14,15,16). The number of aryl methyl sites for hydroxylation is 1. The van der Waals surface area contributed by atoms with Crippen LogP contribution in [-0.4, -0.2) is 34.5 Å². The molecule has 1 aliphatic rings. The predicted molar refractivity (Wildman–Crippen MR) is 70.0 cm³/mol. The van der Waals surface area contributed by atoms with Crippen molar-refractivity contribution in [1.82, 2.24) is 14.9 Å². The number of rotatable bonds is 6. The highest BCUT2D eigenvalue weighted by atomic mass is 15.2. The van der Waals surface area contributed by atoms with E-state index < -0.39 is 0 Å². The van der Waals surface area contributed by atoms with Gasteiger partial charge in [-0.1, -0.05) is 6.92 Å². The summed E-state index contributed by atoms with van der Waals surface area (Å²) >= 11 is 0. The molecule has 1 fully saturated rings. The van der Waals surface area contributed by atoms with Crippen LogP contribution in [0.2, 0.25) is 0 Å². The van der Waals surface area contributed by atoms with Gasteiger partial charge in [0.15, 0.2) is 0 Å². The first kappa shape index (κ1) is 12.3. The van der Waals surface area contributed by atoms with E-state index in [0.29, 0.717) is 0 Å². The number of hydrogen-bond donors (Lipinski definition) is 1. The molecule has 0 radical (unpaired) electrons. The fraction of sp³-hybridized carbons (Fsp3) is 0.692. The molecular formula is C13H22N4. The third-order valence-corrected chi connectivity index (χ3v) is 3.02. The SMILES string of the molecule is CCCNc1cc(C)nc(CN(C)C2CC2)n1. The Morgan fingerprint density at radius 2 is 2.18 bits per heavy atom. The molecule has 1 N–H and O–H groups in total. The van der Waals surface area contributed by atoms with E-state index >= 15 is 0 Å². The molecule has 1 aromatic rings. The molecular weight excluding hydrogens is 212 g/mol. The van der Waals surface area contributed by atoms with Crippen LogP contribution in [0.3, 0.4) is 0 Å². The molecule has 0 amide bonds. The second-order valence-corrected chi connectivity index (χ2v) is 4.88. The van der Waals surface area contributed by atoms with Crippen molar-refractivity contribution < 1.29 is 0 Å². The van der Waals surface area contributed by atoms with Crippen molar-refractivity contribution in [3.05, 3.63) is 17.6 Å². The summed E-state index contributed by atoms with van der Waals surface area (Å²) in [6, 6.07) is 2.77. The molecule has 0 bridgehead atoms. The fourth-order valence-electron chi connectivity index (χ4n) is 1.91. The van der Waals surface area contributed by atoms with E-state index in [-0.39, 0.29) is 0 Å². The summed E-state index contributed by atoms with van der Waals surface area (Å²) in [4.78, 5) is 11.4. The Kier molecular flexibility index (Phi) is 3.94. The minimum absolute atomic E-state index is 0.756.